The van der Waals surface area contributed by atoms with Gasteiger partial charge in [-0.25, -0.2) is 9.99 Å². The minimum Gasteiger partial charge on any atom is -0.383 e. The minimum absolute atomic E-state index is 0.229. The Hall–Kier alpha value is -4.92. The molecule has 38 heavy (non-hydrogen) atoms. The minimum atomic E-state index is -0.297. The number of aryl methyl sites for hydroxylation is 2. The number of nitrogens with two attached hydrogens (primary N) is 1. The first kappa shape index (κ1) is 23.5. The van der Waals surface area contributed by atoms with Crippen molar-refractivity contribution in [2.45, 2.75) is 13.5 Å². The topological polar surface area (TPSA) is 102 Å². The first-order chi connectivity index (χ1) is 18.2. The van der Waals surface area contributed by atoms with Crippen LogP contribution < -0.4 is 5.73 Å². The molecule has 9 nitrogen and oxygen atoms in total. The zero-order chi connectivity index (χ0) is 26.7. The third kappa shape index (κ3) is 3.54. The lowest BCUT2D eigenvalue weighted by Gasteiger charge is -2.31. The van der Waals surface area contributed by atoms with Crippen LogP contribution in [0.5, 0.6) is 0 Å². The molecule has 0 fully saturated rings. The third-order valence-electron chi connectivity index (χ3n) is 7.32. The average Bonchev–Trinajstić information content (AvgIpc) is 3.45. The number of hydrogen-bond acceptors (Lipinski definition) is 5. The van der Waals surface area contributed by atoms with Gasteiger partial charge < -0.3 is 10.3 Å². The second-order valence-electron chi connectivity index (χ2n) is 9.59. The van der Waals surface area contributed by atoms with E-state index in [9.17, 15) is 9.59 Å². The molecular formula is C29H27N7O2. The summed E-state index contributed by atoms with van der Waals surface area (Å²) < 4.78 is 3.89. The van der Waals surface area contributed by atoms with Crippen molar-refractivity contribution in [3.8, 4) is 0 Å². The molecule has 2 N–H and O–H groups in total. The number of rotatable bonds is 3. The molecule has 0 saturated heterocycles. The number of fused-ring (bicyclic) bond motifs is 6. The molecule has 0 aliphatic carbocycles. The Labute approximate surface area is 218 Å². The predicted octanol–water partition coefficient (Wildman–Crippen LogP) is 4.38. The van der Waals surface area contributed by atoms with Crippen LogP contribution in [-0.2, 0) is 25.4 Å². The molecule has 0 spiro atoms. The van der Waals surface area contributed by atoms with Crippen molar-refractivity contribution in [1.82, 2.24) is 29.3 Å². The lowest BCUT2D eigenvalue weighted by molar-refractivity contribution is -0.140. The Bertz CT molecular complexity index is 1920. The Kier molecular flexibility index (Phi) is 5.30. The molecule has 9 heteroatoms. The summed E-state index contributed by atoms with van der Waals surface area (Å²) in [6.45, 7) is 1.67. The highest BCUT2D eigenvalue weighted by Crippen LogP contribution is 2.31. The van der Waals surface area contributed by atoms with Crippen LogP contribution in [0.15, 0.2) is 66.9 Å². The van der Waals surface area contributed by atoms with E-state index in [-0.39, 0.29) is 18.4 Å². The van der Waals surface area contributed by atoms with Crippen molar-refractivity contribution in [2.24, 2.45) is 14.1 Å². The van der Waals surface area contributed by atoms with Crippen LogP contribution in [0.4, 0.5) is 5.82 Å². The first-order valence-electron chi connectivity index (χ1n) is 12.3. The van der Waals surface area contributed by atoms with E-state index >= 15 is 0 Å². The summed E-state index contributed by atoms with van der Waals surface area (Å²) in [6.07, 6.45) is 1.67. The summed E-state index contributed by atoms with van der Waals surface area (Å²) in [6, 6.07) is 19.7. The van der Waals surface area contributed by atoms with Gasteiger partial charge in [0.05, 0.1) is 29.2 Å². The Morgan fingerprint density at radius 2 is 1.68 bits per heavy atom. The summed E-state index contributed by atoms with van der Waals surface area (Å²) in [7, 11) is 5.49. The van der Waals surface area contributed by atoms with Crippen LogP contribution in [0.25, 0.3) is 43.6 Å². The molecule has 0 aliphatic rings. The molecule has 0 bridgehead atoms. The van der Waals surface area contributed by atoms with E-state index < -0.39 is 0 Å². The van der Waals surface area contributed by atoms with Crippen LogP contribution in [0.3, 0.4) is 0 Å². The first-order valence-corrected chi connectivity index (χ1v) is 12.3. The summed E-state index contributed by atoms with van der Waals surface area (Å²) in [5, 5.41) is 10.9. The van der Waals surface area contributed by atoms with E-state index in [0.717, 1.165) is 43.7 Å². The fourth-order valence-electron chi connectivity index (χ4n) is 5.21. The Morgan fingerprint density at radius 1 is 0.921 bits per heavy atom. The van der Waals surface area contributed by atoms with Gasteiger partial charge in [-0.05, 0) is 42.0 Å². The van der Waals surface area contributed by atoms with Crippen LogP contribution in [0, 0.1) is 0 Å². The van der Waals surface area contributed by atoms with E-state index in [1.807, 2.05) is 32.3 Å². The van der Waals surface area contributed by atoms with Crippen molar-refractivity contribution in [3.05, 3.63) is 78.0 Å². The zero-order valence-electron chi connectivity index (χ0n) is 21.6. The number of aromatic nitrogens is 4. The molecule has 6 aromatic rings. The molecule has 0 atom stereocenters. The van der Waals surface area contributed by atoms with Crippen molar-refractivity contribution in [2.75, 3.05) is 12.8 Å². The summed E-state index contributed by atoms with van der Waals surface area (Å²) in [4.78, 5) is 30.8. The van der Waals surface area contributed by atoms with E-state index in [0.29, 0.717) is 16.9 Å². The van der Waals surface area contributed by atoms with Crippen molar-refractivity contribution in [1.29, 1.82) is 0 Å². The maximum Gasteiger partial charge on any atom is 0.272 e. The molecule has 0 radical (unpaired) electrons. The van der Waals surface area contributed by atoms with Crippen LogP contribution >= 0.6 is 0 Å². The van der Waals surface area contributed by atoms with Crippen LogP contribution in [0.1, 0.15) is 22.8 Å². The van der Waals surface area contributed by atoms with E-state index in [4.69, 9.17) is 5.73 Å². The zero-order valence-corrected chi connectivity index (χ0v) is 21.6. The number of carbonyl (C=O) groups is 2. The van der Waals surface area contributed by atoms with Gasteiger partial charge in [-0.15, -0.1) is 0 Å². The number of hydrogen-bond donors (Lipinski definition) is 1. The van der Waals surface area contributed by atoms with E-state index in [1.54, 1.807) is 36.1 Å². The van der Waals surface area contributed by atoms with Crippen molar-refractivity contribution < 1.29 is 9.59 Å². The van der Waals surface area contributed by atoms with Gasteiger partial charge in [0.1, 0.15) is 5.82 Å². The number of anilines is 1. The van der Waals surface area contributed by atoms with Gasteiger partial charge in [-0.1, -0.05) is 24.3 Å². The van der Waals surface area contributed by atoms with E-state index in [2.05, 4.69) is 38.9 Å². The molecule has 0 unspecified atom stereocenters. The van der Waals surface area contributed by atoms with Crippen molar-refractivity contribution >= 4 is 61.2 Å². The number of carbonyl (C=O) groups excluding carboxylic acids is 2. The summed E-state index contributed by atoms with van der Waals surface area (Å²) in [5.74, 6) is -0.148. The average molecular weight is 506 g/mol. The smallest absolute Gasteiger partial charge is 0.272 e. The molecule has 0 saturated carbocycles. The number of amides is 2. The van der Waals surface area contributed by atoms with E-state index in [1.165, 1.54) is 16.9 Å². The standard InChI is InChI=1S/C29H27N7O2/c1-17(37)35(4)36(16-18-9-12-26-21(13-18)20-7-5-6-8-25(20)33(26)2)29(38)19-10-11-24-22(14-19)27-23(28(30)32-24)15-31-34(27)3/h5-15H,16H2,1-4H3,(H2,30,32). The van der Waals surface area contributed by atoms with Crippen LogP contribution in [-0.4, -0.2) is 48.2 Å². The van der Waals surface area contributed by atoms with Gasteiger partial charge in [-0.2, -0.15) is 5.10 Å². The third-order valence-corrected chi connectivity index (χ3v) is 7.32. The predicted molar refractivity (Wildman–Crippen MR) is 149 cm³/mol. The molecule has 3 aromatic carbocycles. The van der Waals surface area contributed by atoms with Gasteiger partial charge in [0.25, 0.3) is 5.91 Å². The Morgan fingerprint density at radius 3 is 2.47 bits per heavy atom. The second-order valence-corrected chi connectivity index (χ2v) is 9.59. The van der Waals surface area contributed by atoms with Gasteiger partial charge in [0.2, 0.25) is 5.91 Å². The van der Waals surface area contributed by atoms with Crippen molar-refractivity contribution in [3.63, 3.8) is 0 Å². The number of hydrazine groups is 1. The van der Waals surface area contributed by atoms with Gasteiger partial charge in [0.15, 0.2) is 0 Å². The lowest BCUT2D eigenvalue weighted by Crippen LogP contribution is -2.46. The molecule has 6 rings (SSSR count). The maximum atomic E-state index is 13.9. The van der Waals surface area contributed by atoms with Gasteiger partial charge >= 0.3 is 0 Å². The molecule has 2 amide bonds. The molecule has 0 aliphatic heterocycles. The summed E-state index contributed by atoms with van der Waals surface area (Å²) in [5.41, 5.74) is 11.2. The molecule has 3 aromatic heterocycles. The number of para-hydroxylation sites is 1. The molecular weight excluding hydrogens is 478 g/mol. The number of pyridine rings is 1. The monoisotopic (exact) mass is 505 g/mol. The van der Waals surface area contributed by atoms with Gasteiger partial charge in [-0.3, -0.25) is 19.3 Å². The van der Waals surface area contributed by atoms with Crippen LogP contribution in [0.2, 0.25) is 0 Å². The molecule has 190 valence electrons. The second kappa shape index (κ2) is 8.58. The van der Waals surface area contributed by atoms with Gasteiger partial charge in [0, 0.05) is 60.8 Å². The highest BCUT2D eigenvalue weighted by atomic mass is 16.2. The summed E-state index contributed by atoms with van der Waals surface area (Å²) >= 11 is 0. The lowest BCUT2D eigenvalue weighted by atomic mass is 10.1. The fraction of sp³-hybridized carbons (Fsp3) is 0.172. The highest BCUT2D eigenvalue weighted by molar-refractivity contribution is 6.10. The SMILES string of the molecule is CC(=O)N(C)N(Cc1ccc2c(c1)c1ccccc1n2C)C(=O)c1ccc2nc(N)c3cnn(C)c3c2c1. The highest BCUT2D eigenvalue weighted by Gasteiger charge is 2.24. The normalized spacial score (nSPS) is 11.6. The largest absolute Gasteiger partial charge is 0.383 e. The number of benzene rings is 3. The number of nitrogens with zero attached hydrogens (tertiary/aromatic N) is 6. The quantitative estimate of drug-likeness (QED) is 0.360. The molecule has 3 heterocycles. The Balaban J connectivity index is 1.44. The maximum absolute atomic E-state index is 13.9. The number of nitrogen functional groups attached to an aromatic ring is 1. The fourth-order valence-corrected chi connectivity index (χ4v) is 5.21.